The normalized spacial score (nSPS) is 23.1. The molecule has 0 aromatic heterocycles. The molecule has 0 saturated carbocycles. The van der Waals surface area contributed by atoms with Gasteiger partial charge >= 0.3 is 0 Å². The highest BCUT2D eigenvalue weighted by atomic mass is 16.5. The Kier molecular flexibility index (Phi) is 5.05. The zero-order valence-electron chi connectivity index (χ0n) is 11.9. The number of hydrogen-bond acceptors (Lipinski definition) is 4. The van der Waals surface area contributed by atoms with Gasteiger partial charge in [-0.3, -0.25) is 0 Å². The second-order valence-electron chi connectivity index (χ2n) is 4.94. The highest BCUT2D eigenvalue weighted by Crippen LogP contribution is 2.30. The second kappa shape index (κ2) is 6.78. The molecule has 1 aliphatic heterocycles. The summed E-state index contributed by atoms with van der Waals surface area (Å²) in [7, 11) is 3.34. The molecule has 0 aliphatic carbocycles. The molecular weight excluding hydrogens is 242 g/mol. The lowest BCUT2D eigenvalue weighted by Gasteiger charge is -2.28. The summed E-state index contributed by atoms with van der Waals surface area (Å²) >= 11 is 0. The van der Waals surface area contributed by atoms with Crippen molar-refractivity contribution >= 4 is 0 Å². The first kappa shape index (κ1) is 14.2. The smallest absolute Gasteiger partial charge is 0.165 e. The lowest BCUT2D eigenvalue weighted by Crippen LogP contribution is -2.37. The first-order valence-electron chi connectivity index (χ1n) is 6.79. The molecule has 2 atom stereocenters. The van der Waals surface area contributed by atoms with Crippen LogP contribution < -0.4 is 14.8 Å². The summed E-state index contributed by atoms with van der Waals surface area (Å²) in [5, 5.41) is 3.58. The summed E-state index contributed by atoms with van der Waals surface area (Å²) in [6, 6.07) is 6.49. The van der Waals surface area contributed by atoms with Gasteiger partial charge in [0.2, 0.25) is 0 Å². The summed E-state index contributed by atoms with van der Waals surface area (Å²) in [5.74, 6) is 1.60. The molecular formula is C15H23NO3. The van der Waals surface area contributed by atoms with Crippen LogP contribution in [0.3, 0.4) is 0 Å². The van der Waals surface area contributed by atoms with Crippen LogP contribution in [-0.2, 0) is 11.3 Å². The average molecular weight is 265 g/mol. The maximum atomic E-state index is 5.56. The molecule has 0 bridgehead atoms. The molecule has 19 heavy (non-hydrogen) atoms. The molecule has 0 radical (unpaired) electrons. The molecule has 1 saturated heterocycles. The van der Waals surface area contributed by atoms with Crippen molar-refractivity contribution in [3.05, 3.63) is 23.8 Å². The Balaban J connectivity index is 1.99. The predicted octanol–water partition coefficient (Wildman–Crippen LogP) is 2.36. The molecule has 106 valence electrons. The van der Waals surface area contributed by atoms with Crippen molar-refractivity contribution in [2.24, 2.45) is 0 Å². The molecule has 1 aromatic carbocycles. The molecule has 1 heterocycles. The van der Waals surface area contributed by atoms with Gasteiger partial charge in [0.25, 0.3) is 0 Å². The van der Waals surface area contributed by atoms with E-state index in [0.29, 0.717) is 12.1 Å². The van der Waals surface area contributed by atoms with Gasteiger partial charge in [0.15, 0.2) is 11.5 Å². The van der Waals surface area contributed by atoms with Crippen molar-refractivity contribution in [2.45, 2.75) is 38.5 Å². The number of benzene rings is 1. The standard InChI is InChI=1S/C15H23NO3/c1-11-9-13(7-8-19-11)16-10-12-5-4-6-14(17-2)15(12)18-3/h4-6,11,13,16H,7-10H2,1-3H3. The highest BCUT2D eigenvalue weighted by Gasteiger charge is 2.19. The van der Waals surface area contributed by atoms with Gasteiger partial charge in [-0.2, -0.15) is 0 Å². The van der Waals surface area contributed by atoms with E-state index in [9.17, 15) is 0 Å². The Morgan fingerprint density at radius 2 is 2.16 bits per heavy atom. The van der Waals surface area contributed by atoms with Crippen LogP contribution in [-0.4, -0.2) is 33.0 Å². The van der Waals surface area contributed by atoms with Crippen molar-refractivity contribution in [1.29, 1.82) is 0 Å². The van der Waals surface area contributed by atoms with Gasteiger partial charge in [-0.1, -0.05) is 12.1 Å². The number of rotatable bonds is 5. The Hall–Kier alpha value is -1.26. The number of nitrogens with one attached hydrogen (secondary N) is 1. The molecule has 1 N–H and O–H groups in total. The van der Waals surface area contributed by atoms with Crippen LogP contribution in [0.4, 0.5) is 0 Å². The SMILES string of the molecule is COc1cccc(CNC2CCOC(C)C2)c1OC. The van der Waals surface area contributed by atoms with E-state index < -0.39 is 0 Å². The van der Waals surface area contributed by atoms with E-state index in [1.807, 2.05) is 12.1 Å². The van der Waals surface area contributed by atoms with Crippen molar-refractivity contribution in [2.75, 3.05) is 20.8 Å². The Morgan fingerprint density at radius 1 is 1.32 bits per heavy atom. The summed E-state index contributed by atoms with van der Waals surface area (Å²) in [6.07, 6.45) is 2.47. The third kappa shape index (κ3) is 3.61. The van der Waals surface area contributed by atoms with E-state index in [1.54, 1.807) is 14.2 Å². The van der Waals surface area contributed by atoms with Crippen molar-refractivity contribution < 1.29 is 14.2 Å². The fourth-order valence-electron chi connectivity index (χ4n) is 2.53. The zero-order valence-corrected chi connectivity index (χ0v) is 11.9. The summed E-state index contributed by atoms with van der Waals surface area (Å²) in [4.78, 5) is 0. The second-order valence-corrected chi connectivity index (χ2v) is 4.94. The molecule has 4 heteroatoms. The topological polar surface area (TPSA) is 39.7 Å². The number of methoxy groups -OCH3 is 2. The quantitative estimate of drug-likeness (QED) is 0.887. The van der Waals surface area contributed by atoms with Gasteiger partial charge in [-0.05, 0) is 25.8 Å². The summed E-state index contributed by atoms with van der Waals surface area (Å²) in [5.41, 5.74) is 1.13. The van der Waals surface area contributed by atoms with Gasteiger partial charge in [0.1, 0.15) is 0 Å². The Bertz CT molecular complexity index is 408. The number of ether oxygens (including phenoxy) is 3. The van der Waals surface area contributed by atoms with E-state index in [4.69, 9.17) is 14.2 Å². The van der Waals surface area contributed by atoms with Crippen molar-refractivity contribution in [1.82, 2.24) is 5.32 Å². The lowest BCUT2D eigenvalue weighted by molar-refractivity contribution is 0.0130. The first-order valence-corrected chi connectivity index (χ1v) is 6.79. The van der Waals surface area contributed by atoms with Gasteiger partial charge in [-0.15, -0.1) is 0 Å². The van der Waals surface area contributed by atoms with Gasteiger partial charge in [0, 0.05) is 24.8 Å². The van der Waals surface area contributed by atoms with E-state index >= 15 is 0 Å². The van der Waals surface area contributed by atoms with Gasteiger partial charge < -0.3 is 19.5 Å². The number of para-hydroxylation sites is 1. The van der Waals surface area contributed by atoms with Crippen LogP contribution in [0, 0.1) is 0 Å². The summed E-state index contributed by atoms with van der Waals surface area (Å²) < 4.78 is 16.3. The Morgan fingerprint density at radius 3 is 2.84 bits per heavy atom. The Labute approximate surface area is 115 Å². The average Bonchev–Trinajstić information content (AvgIpc) is 2.44. The van der Waals surface area contributed by atoms with E-state index in [1.165, 1.54) is 0 Å². The van der Waals surface area contributed by atoms with Crippen LogP contribution in [0.5, 0.6) is 11.5 Å². The molecule has 2 rings (SSSR count). The van der Waals surface area contributed by atoms with Gasteiger partial charge in [0.05, 0.1) is 20.3 Å². The van der Waals surface area contributed by atoms with E-state index in [0.717, 1.165) is 43.1 Å². The molecule has 1 aliphatic rings. The largest absolute Gasteiger partial charge is 0.493 e. The highest BCUT2D eigenvalue weighted by molar-refractivity contribution is 5.46. The maximum absolute atomic E-state index is 5.56. The molecule has 4 nitrogen and oxygen atoms in total. The van der Waals surface area contributed by atoms with Crippen LogP contribution in [0.25, 0.3) is 0 Å². The predicted molar refractivity (Wildman–Crippen MR) is 74.8 cm³/mol. The van der Waals surface area contributed by atoms with E-state index in [2.05, 4.69) is 18.3 Å². The monoisotopic (exact) mass is 265 g/mol. The van der Waals surface area contributed by atoms with Crippen LogP contribution >= 0.6 is 0 Å². The third-order valence-corrected chi connectivity index (χ3v) is 3.55. The number of hydrogen-bond donors (Lipinski definition) is 1. The van der Waals surface area contributed by atoms with Crippen molar-refractivity contribution in [3.63, 3.8) is 0 Å². The molecule has 1 fully saturated rings. The molecule has 2 unspecified atom stereocenters. The minimum absolute atomic E-state index is 0.346. The fourth-order valence-corrected chi connectivity index (χ4v) is 2.53. The maximum Gasteiger partial charge on any atom is 0.165 e. The minimum Gasteiger partial charge on any atom is -0.493 e. The van der Waals surface area contributed by atoms with Crippen LogP contribution in [0.1, 0.15) is 25.3 Å². The van der Waals surface area contributed by atoms with Crippen molar-refractivity contribution in [3.8, 4) is 11.5 Å². The van der Waals surface area contributed by atoms with E-state index in [-0.39, 0.29) is 0 Å². The van der Waals surface area contributed by atoms with Crippen LogP contribution in [0.15, 0.2) is 18.2 Å². The van der Waals surface area contributed by atoms with Gasteiger partial charge in [-0.25, -0.2) is 0 Å². The summed E-state index contributed by atoms with van der Waals surface area (Å²) in [6.45, 7) is 3.76. The first-order chi connectivity index (χ1) is 9.24. The lowest BCUT2D eigenvalue weighted by atomic mass is 10.0. The molecule has 1 aromatic rings. The minimum atomic E-state index is 0.346. The molecule has 0 spiro atoms. The zero-order chi connectivity index (χ0) is 13.7. The third-order valence-electron chi connectivity index (χ3n) is 3.55. The fraction of sp³-hybridized carbons (Fsp3) is 0.600. The van der Waals surface area contributed by atoms with Crippen LogP contribution in [0.2, 0.25) is 0 Å². The molecule has 0 amide bonds.